The summed E-state index contributed by atoms with van der Waals surface area (Å²) in [6, 6.07) is 4.33. The molecule has 0 aliphatic carbocycles. The molecule has 1 N–H and O–H groups in total. The van der Waals surface area contributed by atoms with Gasteiger partial charge in [-0.3, -0.25) is 14.9 Å². The smallest absolute Gasteiger partial charge is 0.287 e. The molecule has 3 aliphatic rings. The molecule has 0 saturated carbocycles. The molecule has 0 unspecified atom stereocenters. The zero-order chi connectivity index (χ0) is 17.6. The Kier molecular flexibility index (Phi) is 4.86. The average molecular weight is 361 g/mol. The molecule has 3 fully saturated rings. The first-order valence-electron chi connectivity index (χ1n) is 8.34. The third-order valence-electron chi connectivity index (χ3n) is 5.19. The van der Waals surface area contributed by atoms with E-state index in [1.165, 1.54) is 25.3 Å². The number of amides is 1. The van der Waals surface area contributed by atoms with Crippen LogP contribution in [0.5, 0.6) is 5.75 Å². The fourth-order valence-corrected chi connectivity index (χ4v) is 3.84. The number of piperidine rings is 3. The zero-order valence-corrected chi connectivity index (χ0v) is 13.9. The lowest BCUT2D eigenvalue weighted by Crippen LogP contribution is -2.57. The summed E-state index contributed by atoms with van der Waals surface area (Å²) in [7, 11) is 1.41. The minimum Gasteiger partial charge on any atom is -0.493 e. The number of methoxy groups -OCH3 is 1. The Morgan fingerprint density at radius 2 is 2.08 bits per heavy atom. The van der Waals surface area contributed by atoms with Crippen LogP contribution >= 0.6 is 0 Å². The maximum absolute atomic E-state index is 12.6. The van der Waals surface area contributed by atoms with Crippen LogP contribution in [0.25, 0.3) is 11.0 Å². The molecule has 26 heavy (non-hydrogen) atoms. The van der Waals surface area contributed by atoms with Crippen molar-refractivity contribution in [1.29, 1.82) is 0 Å². The van der Waals surface area contributed by atoms with Gasteiger partial charge in [0.15, 0.2) is 17.1 Å². The second-order valence-electron chi connectivity index (χ2n) is 6.65. The van der Waals surface area contributed by atoms with Crippen molar-refractivity contribution in [2.45, 2.75) is 26.3 Å². The van der Waals surface area contributed by atoms with Crippen LogP contribution in [-0.4, -0.2) is 48.5 Å². The number of ether oxygens (including phenoxy) is 1. The first-order valence-corrected chi connectivity index (χ1v) is 8.34. The highest BCUT2D eigenvalue weighted by Gasteiger charge is 2.35. The predicted octanol–water partition coefficient (Wildman–Crippen LogP) is 2.81. The Labute approximate surface area is 151 Å². The highest BCUT2D eigenvalue weighted by molar-refractivity contribution is 5.98. The summed E-state index contributed by atoms with van der Waals surface area (Å²) in [5.41, 5.74) is 0.238. The number of nitrogens with one attached hydrogen (secondary N) is 1. The van der Waals surface area contributed by atoms with E-state index in [-0.39, 0.29) is 36.6 Å². The third-order valence-corrected chi connectivity index (χ3v) is 5.19. The molecule has 2 bridgehead atoms. The van der Waals surface area contributed by atoms with Crippen LogP contribution in [0.2, 0.25) is 0 Å². The Hall–Kier alpha value is -2.61. The first kappa shape index (κ1) is 18.2. The quantitative estimate of drug-likeness (QED) is 0.664. The summed E-state index contributed by atoms with van der Waals surface area (Å²) in [6.07, 6.45) is 2.20. The highest BCUT2D eigenvalue weighted by Crippen LogP contribution is 2.34. The molecule has 1 aromatic heterocycles. The molecule has 3 saturated heterocycles. The number of fused-ring (bicyclic) bond motifs is 4. The lowest BCUT2D eigenvalue weighted by molar-refractivity contribution is -0.384. The average Bonchev–Trinajstić information content (AvgIpc) is 3.06. The van der Waals surface area contributed by atoms with E-state index < -0.39 is 4.92 Å². The number of hydrogen-bond donors (Lipinski definition) is 1. The van der Waals surface area contributed by atoms with E-state index in [0.29, 0.717) is 16.9 Å². The number of furan rings is 1. The van der Waals surface area contributed by atoms with Crippen molar-refractivity contribution in [3.8, 4) is 5.75 Å². The summed E-state index contributed by atoms with van der Waals surface area (Å²) in [5.74, 6) is 0.602. The van der Waals surface area contributed by atoms with Gasteiger partial charge in [-0.2, -0.15) is 0 Å². The van der Waals surface area contributed by atoms with Gasteiger partial charge in [-0.05, 0) is 37.9 Å². The van der Waals surface area contributed by atoms with E-state index in [0.717, 1.165) is 32.5 Å². The van der Waals surface area contributed by atoms with Crippen molar-refractivity contribution in [2.75, 3.05) is 26.7 Å². The molecule has 1 atom stereocenters. The molecule has 1 amide bonds. The van der Waals surface area contributed by atoms with Gasteiger partial charge in [0.1, 0.15) is 0 Å². The number of carbonyl (C=O) groups is 1. The molecule has 140 valence electrons. The number of nitro groups is 1. The van der Waals surface area contributed by atoms with Gasteiger partial charge >= 0.3 is 0 Å². The molecule has 0 spiro atoms. The minimum atomic E-state index is -0.498. The SMILES string of the molecule is C.COc1cc([N+](=O)[O-])cc2cc(C(=O)N[C@@H]3CN4CCC3CC4)oc12. The summed E-state index contributed by atoms with van der Waals surface area (Å²) in [4.78, 5) is 25.5. The standard InChI is InChI=1S/C17H19N3O5.CH4/c1-24-14-8-12(20(22)23)6-11-7-15(25-16(11)14)17(21)18-13-9-19-4-2-10(13)3-5-19;/h6-8,10,13H,2-5,9H2,1H3,(H,18,21);1H4/t13-;/m1./s1. The topological polar surface area (TPSA) is 97.8 Å². The van der Waals surface area contributed by atoms with Gasteiger partial charge in [-0.15, -0.1) is 0 Å². The van der Waals surface area contributed by atoms with Crippen molar-refractivity contribution < 1.29 is 18.9 Å². The number of nitrogens with zero attached hydrogens (tertiary/aromatic N) is 2. The normalized spacial score (nSPS) is 24.1. The molecule has 3 aliphatic heterocycles. The summed E-state index contributed by atoms with van der Waals surface area (Å²) >= 11 is 0. The van der Waals surface area contributed by atoms with Crippen LogP contribution in [0.15, 0.2) is 22.6 Å². The molecule has 5 rings (SSSR count). The second kappa shape index (κ2) is 6.95. The van der Waals surface area contributed by atoms with E-state index >= 15 is 0 Å². The number of nitro benzene ring substituents is 1. The fraction of sp³-hybridized carbons (Fsp3) is 0.500. The molecular formula is C18H23N3O5. The van der Waals surface area contributed by atoms with Gasteiger partial charge in [0, 0.05) is 24.0 Å². The first-order chi connectivity index (χ1) is 12.0. The van der Waals surface area contributed by atoms with Crippen molar-refractivity contribution in [1.82, 2.24) is 10.2 Å². The summed E-state index contributed by atoms with van der Waals surface area (Å²) < 4.78 is 10.8. The Balaban J connectivity index is 0.00000196. The van der Waals surface area contributed by atoms with Gasteiger partial charge in [0.05, 0.1) is 18.1 Å². The van der Waals surface area contributed by atoms with Crippen LogP contribution in [0, 0.1) is 16.0 Å². The Bertz CT molecular complexity index is 839. The lowest BCUT2D eigenvalue weighted by atomic mass is 9.84. The summed E-state index contributed by atoms with van der Waals surface area (Å²) in [6.45, 7) is 3.07. The van der Waals surface area contributed by atoms with Gasteiger partial charge < -0.3 is 19.4 Å². The minimum absolute atomic E-state index is 0. The molecule has 1 aromatic carbocycles. The van der Waals surface area contributed by atoms with Crippen LogP contribution in [0.1, 0.15) is 30.8 Å². The number of non-ortho nitro benzene ring substituents is 1. The van der Waals surface area contributed by atoms with Crippen molar-refractivity contribution in [3.05, 3.63) is 34.1 Å². The number of benzene rings is 1. The van der Waals surface area contributed by atoms with Crippen LogP contribution in [0.4, 0.5) is 5.69 Å². The second-order valence-corrected chi connectivity index (χ2v) is 6.65. The van der Waals surface area contributed by atoms with Crippen LogP contribution < -0.4 is 10.1 Å². The van der Waals surface area contributed by atoms with Gasteiger partial charge in [-0.25, -0.2) is 0 Å². The molecule has 8 nitrogen and oxygen atoms in total. The van der Waals surface area contributed by atoms with E-state index in [4.69, 9.17) is 9.15 Å². The van der Waals surface area contributed by atoms with E-state index in [9.17, 15) is 14.9 Å². The Morgan fingerprint density at radius 1 is 1.35 bits per heavy atom. The van der Waals surface area contributed by atoms with Crippen LogP contribution in [0.3, 0.4) is 0 Å². The molecule has 2 aromatic rings. The lowest BCUT2D eigenvalue weighted by Gasteiger charge is -2.44. The van der Waals surface area contributed by atoms with Crippen LogP contribution in [-0.2, 0) is 0 Å². The highest BCUT2D eigenvalue weighted by atomic mass is 16.6. The van der Waals surface area contributed by atoms with E-state index in [1.54, 1.807) is 0 Å². The van der Waals surface area contributed by atoms with Crippen molar-refractivity contribution in [2.24, 2.45) is 5.92 Å². The summed E-state index contributed by atoms with van der Waals surface area (Å²) in [5, 5.41) is 14.6. The molecular weight excluding hydrogens is 338 g/mol. The van der Waals surface area contributed by atoms with Crippen molar-refractivity contribution >= 4 is 22.6 Å². The monoisotopic (exact) mass is 361 g/mol. The van der Waals surface area contributed by atoms with E-state index in [1.807, 2.05) is 0 Å². The third kappa shape index (κ3) is 3.12. The fourth-order valence-electron chi connectivity index (χ4n) is 3.84. The van der Waals surface area contributed by atoms with E-state index in [2.05, 4.69) is 10.2 Å². The maximum atomic E-state index is 12.6. The predicted molar refractivity (Wildman–Crippen MR) is 96.6 cm³/mol. The Morgan fingerprint density at radius 3 is 2.65 bits per heavy atom. The molecule has 0 radical (unpaired) electrons. The van der Waals surface area contributed by atoms with Gasteiger partial charge in [0.2, 0.25) is 0 Å². The number of carbonyl (C=O) groups excluding carboxylic acids is 1. The number of rotatable bonds is 4. The zero-order valence-electron chi connectivity index (χ0n) is 13.9. The van der Waals surface area contributed by atoms with Crippen molar-refractivity contribution in [3.63, 3.8) is 0 Å². The van der Waals surface area contributed by atoms with Gasteiger partial charge in [0.25, 0.3) is 11.6 Å². The molecule has 8 heteroatoms. The molecule has 4 heterocycles. The largest absolute Gasteiger partial charge is 0.493 e. The maximum Gasteiger partial charge on any atom is 0.287 e. The number of hydrogen-bond acceptors (Lipinski definition) is 6. The van der Waals surface area contributed by atoms with Gasteiger partial charge in [-0.1, -0.05) is 7.43 Å².